The Morgan fingerprint density at radius 1 is 1.40 bits per heavy atom. The quantitative estimate of drug-likeness (QED) is 0.909. The molecule has 0 aromatic carbocycles. The van der Waals surface area contributed by atoms with E-state index in [1.165, 1.54) is 6.07 Å². The van der Waals surface area contributed by atoms with Crippen LogP contribution in [-0.2, 0) is 17.4 Å². The van der Waals surface area contributed by atoms with Crippen LogP contribution in [-0.4, -0.2) is 30.4 Å². The van der Waals surface area contributed by atoms with Crippen LogP contribution in [0.5, 0.6) is 0 Å². The second-order valence-corrected chi connectivity index (χ2v) is 5.91. The molecule has 0 saturated carbocycles. The summed E-state index contributed by atoms with van der Waals surface area (Å²) in [5.74, 6) is -0.734. The molecule has 2 atom stereocenters. The number of carboxylic acid groups (broad SMARTS) is 1. The van der Waals surface area contributed by atoms with Crippen molar-refractivity contribution < 1.29 is 23.1 Å². The molecule has 134 valence electrons. The number of aryl methyl sites for hydroxylation is 1. The molecule has 1 N–H and O–H groups in total. The molecule has 0 saturated heterocycles. The summed E-state index contributed by atoms with van der Waals surface area (Å²) in [6.45, 7) is 1.60. The number of hydrogen-bond donors (Lipinski definition) is 1. The molecule has 2 aromatic rings. The van der Waals surface area contributed by atoms with E-state index in [-0.39, 0.29) is 0 Å². The molecular weight excluding hydrogens is 341 g/mol. The summed E-state index contributed by atoms with van der Waals surface area (Å²) in [6.07, 6.45) is -2.08. The molecule has 0 fully saturated rings. The average Bonchev–Trinajstić information content (AvgIpc) is 2.90. The summed E-state index contributed by atoms with van der Waals surface area (Å²) in [5, 5.41) is 13.5. The molecule has 0 bridgehead atoms. The van der Waals surface area contributed by atoms with Gasteiger partial charge in [0.05, 0.1) is 6.04 Å². The number of aromatic nitrogens is 4. The Bertz CT molecular complexity index is 854. The van der Waals surface area contributed by atoms with Gasteiger partial charge < -0.3 is 5.11 Å². The number of halogens is 3. The Balaban J connectivity index is 1.97. The van der Waals surface area contributed by atoms with Crippen molar-refractivity contribution in [1.29, 1.82) is 0 Å². The van der Waals surface area contributed by atoms with E-state index in [4.69, 9.17) is 0 Å². The van der Waals surface area contributed by atoms with Gasteiger partial charge in [-0.25, -0.2) is 14.3 Å². The fraction of sp³-hybridized carbons (Fsp3) is 0.467. The lowest BCUT2D eigenvalue weighted by Crippen LogP contribution is -2.35. The molecule has 10 heteroatoms. The van der Waals surface area contributed by atoms with Crippen LogP contribution in [0, 0.1) is 0 Å². The maximum Gasteiger partial charge on any atom is 0.433 e. The van der Waals surface area contributed by atoms with Crippen molar-refractivity contribution in [2.75, 3.05) is 0 Å². The first-order valence-electron chi connectivity index (χ1n) is 7.66. The molecule has 3 rings (SSSR count). The second-order valence-electron chi connectivity index (χ2n) is 5.91. The third-order valence-corrected chi connectivity index (χ3v) is 4.30. The lowest BCUT2D eigenvalue weighted by molar-refractivity contribution is -0.142. The molecule has 1 aliphatic rings. The van der Waals surface area contributed by atoms with E-state index < -0.39 is 35.6 Å². The van der Waals surface area contributed by atoms with Gasteiger partial charge in [-0.05, 0) is 31.4 Å². The van der Waals surface area contributed by atoms with Gasteiger partial charge in [-0.2, -0.15) is 18.3 Å². The SMILES string of the molecule is CC(c1ccc(C(F)(F)F)nc1)n1nc2n(c1=O)[C@H](C(=O)O)CCC2. The summed E-state index contributed by atoms with van der Waals surface area (Å²) in [6, 6.07) is 0.435. The van der Waals surface area contributed by atoms with Crippen molar-refractivity contribution in [3.63, 3.8) is 0 Å². The minimum Gasteiger partial charge on any atom is -0.480 e. The molecule has 3 heterocycles. The van der Waals surface area contributed by atoms with E-state index in [0.29, 0.717) is 30.7 Å². The standard InChI is InChI=1S/C15H15F3N4O3/c1-8(9-5-6-11(19-7-9)15(16,17)18)22-14(25)21-10(13(23)24)3-2-4-12(21)20-22/h5-8,10H,2-4H2,1H3,(H,23,24)/t8?,10-/m0/s1. The monoisotopic (exact) mass is 356 g/mol. The Kier molecular flexibility index (Phi) is 4.13. The summed E-state index contributed by atoms with van der Waals surface area (Å²) in [5.41, 5.74) is -1.24. The van der Waals surface area contributed by atoms with Crippen LogP contribution in [0.2, 0.25) is 0 Å². The molecule has 7 nitrogen and oxygen atoms in total. The normalized spacial score (nSPS) is 18.6. The van der Waals surface area contributed by atoms with Crippen molar-refractivity contribution >= 4 is 5.97 Å². The fourth-order valence-electron chi connectivity index (χ4n) is 2.95. The molecule has 1 aliphatic heterocycles. The van der Waals surface area contributed by atoms with Gasteiger partial charge in [0.15, 0.2) is 0 Å². The number of aliphatic carboxylic acids is 1. The van der Waals surface area contributed by atoms with Gasteiger partial charge in [0.25, 0.3) is 0 Å². The minimum absolute atomic E-state index is 0.337. The van der Waals surface area contributed by atoms with Gasteiger partial charge in [0.1, 0.15) is 17.6 Å². The number of carbonyl (C=O) groups is 1. The summed E-state index contributed by atoms with van der Waals surface area (Å²) in [4.78, 5) is 27.3. The zero-order chi connectivity index (χ0) is 18.4. The van der Waals surface area contributed by atoms with Gasteiger partial charge in [-0.15, -0.1) is 0 Å². The van der Waals surface area contributed by atoms with Gasteiger partial charge in [-0.3, -0.25) is 9.55 Å². The number of rotatable bonds is 3. The highest BCUT2D eigenvalue weighted by Crippen LogP contribution is 2.28. The van der Waals surface area contributed by atoms with Crippen LogP contribution in [0.4, 0.5) is 13.2 Å². The second kappa shape index (κ2) is 6.01. The van der Waals surface area contributed by atoms with Crippen LogP contribution < -0.4 is 5.69 Å². The molecule has 25 heavy (non-hydrogen) atoms. The zero-order valence-electron chi connectivity index (χ0n) is 13.2. The van der Waals surface area contributed by atoms with Gasteiger partial charge >= 0.3 is 17.8 Å². The molecule has 2 aromatic heterocycles. The Morgan fingerprint density at radius 3 is 2.68 bits per heavy atom. The number of carboxylic acids is 1. The van der Waals surface area contributed by atoms with Crippen molar-refractivity contribution in [2.24, 2.45) is 0 Å². The van der Waals surface area contributed by atoms with Crippen LogP contribution in [0.1, 0.15) is 48.9 Å². The van der Waals surface area contributed by atoms with Crippen molar-refractivity contribution in [2.45, 2.75) is 44.4 Å². The van der Waals surface area contributed by atoms with Crippen molar-refractivity contribution in [3.05, 3.63) is 45.9 Å². The van der Waals surface area contributed by atoms with E-state index in [1.54, 1.807) is 6.92 Å². The molecule has 0 radical (unpaired) electrons. The Hall–Kier alpha value is -2.65. The smallest absolute Gasteiger partial charge is 0.433 e. The summed E-state index contributed by atoms with van der Waals surface area (Å²) < 4.78 is 40.0. The maximum atomic E-state index is 12.6. The van der Waals surface area contributed by atoms with Crippen LogP contribution in [0.25, 0.3) is 0 Å². The lowest BCUT2D eigenvalue weighted by atomic mass is 10.1. The first kappa shape index (κ1) is 17.2. The molecule has 1 unspecified atom stereocenters. The van der Waals surface area contributed by atoms with Gasteiger partial charge in [0.2, 0.25) is 0 Å². The summed E-state index contributed by atoms with van der Waals surface area (Å²) >= 11 is 0. The third-order valence-electron chi connectivity index (χ3n) is 4.30. The highest BCUT2D eigenvalue weighted by Gasteiger charge is 2.33. The van der Waals surface area contributed by atoms with E-state index >= 15 is 0 Å². The zero-order valence-corrected chi connectivity index (χ0v) is 13.2. The first-order valence-corrected chi connectivity index (χ1v) is 7.66. The van der Waals surface area contributed by atoms with Gasteiger partial charge in [-0.1, -0.05) is 6.07 Å². The number of pyridine rings is 1. The molecule has 0 spiro atoms. The van der Waals surface area contributed by atoms with Crippen molar-refractivity contribution in [1.82, 2.24) is 19.3 Å². The largest absolute Gasteiger partial charge is 0.480 e. The van der Waals surface area contributed by atoms with Crippen LogP contribution >= 0.6 is 0 Å². The van der Waals surface area contributed by atoms with Crippen LogP contribution in [0.15, 0.2) is 23.1 Å². The maximum absolute atomic E-state index is 12.6. The minimum atomic E-state index is -4.54. The number of alkyl halides is 3. The molecule has 0 amide bonds. The predicted octanol–water partition coefficient (Wildman–Crippen LogP) is 2.03. The number of fused-ring (bicyclic) bond motifs is 1. The van der Waals surface area contributed by atoms with E-state index in [0.717, 1.165) is 21.5 Å². The molecule has 0 aliphatic carbocycles. The highest BCUT2D eigenvalue weighted by molar-refractivity contribution is 5.72. The number of nitrogens with zero attached hydrogens (tertiary/aromatic N) is 4. The highest BCUT2D eigenvalue weighted by atomic mass is 19.4. The third kappa shape index (κ3) is 3.03. The van der Waals surface area contributed by atoms with Crippen molar-refractivity contribution in [3.8, 4) is 0 Å². The lowest BCUT2D eigenvalue weighted by Gasteiger charge is -2.19. The Morgan fingerprint density at radius 2 is 2.12 bits per heavy atom. The van der Waals surface area contributed by atoms with E-state index in [1.807, 2.05) is 0 Å². The van der Waals surface area contributed by atoms with E-state index in [2.05, 4.69) is 10.1 Å². The van der Waals surface area contributed by atoms with Crippen LogP contribution in [0.3, 0.4) is 0 Å². The topological polar surface area (TPSA) is 90.0 Å². The van der Waals surface area contributed by atoms with Gasteiger partial charge in [0, 0.05) is 12.6 Å². The number of hydrogen-bond acceptors (Lipinski definition) is 4. The first-order chi connectivity index (χ1) is 11.7. The Labute approximate surface area is 139 Å². The molecular formula is C15H15F3N4O3. The fourth-order valence-corrected chi connectivity index (χ4v) is 2.95. The summed E-state index contributed by atoms with van der Waals surface area (Å²) in [7, 11) is 0. The van der Waals surface area contributed by atoms with E-state index in [9.17, 15) is 27.9 Å². The predicted molar refractivity (Wildman–Crippen MR) is 79.1 cm³/mol. The average molecular weight is 356 g/mol.